The summed E-state index contributed by atoms with van der Waals surface area (Å²) < 4.78 is 1.96. The molecular weight excluding hydrogens is 362 g/mol. The van der Waals surface area contributed by atoms with Gasteiger partial charge in [-0.05, 0) is 31.3 Å². The first-order chi connectivity index (χ1) is 13.5. The minimum Gasteiger partial charge on any atom is -0.473 e. The number of para-hydroxylation sites is 3. The van der Waals surface area contributed by atoms with Crippen LogP contribution in [-0.2, 0) is 22.7 Å². The van der Waals surface area contributed by atoms with E-state index in [1.54, 1.807) is 0 Å². The van der Waals surface area contributed by atoms with Gasteiger partial charge in [-0.15, -0.1) is 5.10 Å². The Morgan fingerprint density at radius 1 is 1.00 bits per heavy atom. The van der Waals surface area contributed by atoms with Gasteiger partial charge in [0.15, 0.2) is 11.6 Å². The van der Waals surface area contributed by atoms with Crippen molar-refractivity contribution in [1.29, 1.82) is 0 Å². The average molecular weight is 381 g/mol. The quantitative estimate of drug-likeness (QED) is 0.587. The van der Waals surface area contributed by atoms with E-state index >= 15 is 0 Å². The third kappa shape index (κ3) is 3.99. The molecule has 9 heteroatoms. The lowest BCUT2D eigenvalue weighted by Gasteiger charge is -2.30. The molecule has 0 aliphatic carbocycles. The Balaban J connectivity index is 0.000000330. The highest BCUT2D eigenvalue weighted by Gasteiger charge is 2.25. The molecule has 4 rings (SSSR count). The van der Waals surface area contributed by atoms with Gasteiger partial charge in [0.2, 0.25) is 0 Å². The first-order valence-corrected chi connectivity index (χ1v) is 8.49. The topological polar surface area (TPSA) is 121 Å². The summed E-state index contributed by atoms with van der Waals surface area (Å²) in [6, 6.07) is 18.7. The lowest BCUT2D eigenvalue weighted by molar-refractivity contribution is -0.159. The molecule has 0 saturated heterocycles. The van der Waals surface area contributed by atoms with Gasteiger partial charge in [-0.25, -0.2) is 19.3 Å². The molecule has 0 radical (unpaired) electrons. The standard InChI is InChI=1S/C17H17N5.C2H2O4/c1-18-11-16-19-17-12-21(13-7-3-2-4-8-13)14-9-5-6-10-15(14)22(17)20-16;3-1(4)2(5)6/h2-10,18H,11-12H2,1H3;(H,3,4)(H,5,6). The van der Waals surface area contributed by atoms with Crippen LogP contribution in [0.15, 0.2) is 54.6 Å². The summed E-state index contributed by atoms with van der Waals surface area (Å²) in [5, 5.41) is 22.5. The van der Waals surface area contributed by atoms with Crippen molar-refractivity contribution in [3.05, 3.63) is 66.2 Å². The second-order valence-electron chi connectivity index (χ2n) is 5.91. The number of nitrogens with one attached hydrogen (secondary N) is 1. The number of anilines is 2. The predicted octanol–water partition coefficient (Wildman–Crippen LogP) is 1.79. The molecule has 1 aliphatic heterocycles. The van der Waals surface area contributed by atoms with Crippen LogP contribution in [-0.4, -0.2) is 44.0 Å². The Morgan fingerprint density at radius 3 is 2.21 bits per heavy atom. The normalized spacial score (nSPS) is 11.7. The lowest BCUT2D eigenvalue weighted by atomic mass is 10.1. The molecule has 3 aromatic rings. The van der Waals surface area contributed by atoms with Crippen LogP contribution in [0.1, 0.15) is 11.6 Å². The first kappa shape index (κ1) is 19.1. The van der Waals surface area contributed by atoms with E-state index in [0.29, 0.717) is 6.54 Å². The fraction of sp³-hybridized carbons (Fsp3) is 0.158. The van der Waals surface area contributed by atoms with Crippen molar-refractivity contribution in [2.75, 3.05) is 11.9 Å². The maximum atomic E-state index is 9.10. The van der Waals surface area contributed by atoms with Crippen LogP contribution in [0.5, 0.6) is 0 Å². The number of hydrogen-bond donors (Lipinski definition) is 3. The Labute approximate surface area is 160 Å². The van der Waals surface area contributed by atoms with Crippen LogP contribution in [0.4, 0.5) is 11.4 Å². The predicted molar refractivity (Wildman–Crippen MR) is 102 cm³/mol. The van der Waals surface area contributed by atoms with Gasteiger partial charge in [0.25, 0.3) is 0 Å². The highest BCUT2D eigenvalue weighted by Crippen LogP contribution is 2.36. The van der Waals surface area contributed by atoms with Crippen LogP contribution in [0.25, 0.3) is 5.69 Å². The number of carboxylic acid groups (broad SMARTS) is 2. The number of hydrogen-bond acceptors (Lipinski definition) is 6. The number of nitrogens with zero attached hydrogens (tertiary/aromatic N) is 4. The van der Waals surface area contributed by atoms with Crippen molar-refractivity contribution in [3.8, 4) is 5.69 Å². The molecule has 1 aromatic heterocycles. The van der Waals surface area contributed by atoms with Gasteiger partial charge < -0.3 is 20.4 Å². The van der Waals surface area contributed by atoms with E-state index in [0.717, 1.165) is 29.6 Å². The Morgan fingerprint density at radius 2 is 1.61 bits per heavy atom. The van der Waals surface area contributed by atoms with Crippen LogP contribution in [0.2, 0.25) is 0 Å². The molecule has 9 nitrogen and oxygen atoms in total. The van der Waals surface area contributed by atoms with Crippen molar-refractivity contribution in [1.82, 2.24) is 20.1 Å². The largest absolute Gasteiger partial charge is 0.473 e. The van der Waals surface area contributed by atoms with E-state index in [9.17, 15) is 0 Å². The maximum Gasteiger partial charge on any atom is 0.414 e. The molecule has 0 unspecified atom stereocenters. The van der Waals surface area contributed by atoms with Crippen molar-refractivity contribution in [2.45, 2.75) is 13.1 Å². The average Bonchev–Trinajstić information content (AvgIpc) is 3.11. The zero-order chi connectivity index (χ0) is 20.1. The van der Waals surface area contributed by atoms with Crippen LogP contribution < -0.4 is 10.2 Å². The molecule has 2 aromatic carbocycles. The molecule has 0 saturated carbocycles. The van der Waals surface area contributed by atoms with Gasteiger partial charge in [-0.3, -0.25) is 0 Å². The van der Waals surface area contributed by atoms with Crippen molar-refractivity contribution < 1.29 is 19.8 Å². The van der Waals surface area contributed by atoms with Gasteiger partial charge in [-0.1, -0.05) is 30.3 Å². The van der Waals surface area contributed by atoms with Gasteiger partial charge in [0, 0.05) is 5.69 Å². The molecule has 1 aliphatic rings. The van der Waals surface area contributed by atoms with E-state index in [2.05, 4.69) is 62.8 Å². The summed E-state index contributed by atoms with van der Waals surface area (Å²) in [7, 11) is 1.91. The summed E-state index contributed by atoms with van der Waals surface area (Å²) in [5.74, 6) is -1.86. The van der Waals surface area contributed by atoms with E-state index in [-0.39, 0.29) is 0 Å². The van der Waals surface area contributed by atoms with Crippen molar-refractivity contribution in [2.24, 2.45) is 0 Å². The van der Waals surface area contributed by atoms with Crippen molar-refractivity contribution in [3.63, 3.8) is 0 Å². The summed E-state index contributed by atoms with van der Waals surface area (Å²) in [6.07, 6.45) is 0. The second-order valence-corrected chi connectivity index (χ2v) is 5.91. The molecule has 0 atom stereocenters. The minimum atomic E-state index is -1.82. The van der Waals surface area contributed by atoms with Gasteiger partial charge in [0.1, 0.15) is 0 Å². The number of carbonyl (C=O) groups is 2. The van der Waals surface area contributed by atoms with Crippen LogP contribution in [0.3, 0.4) is 0 Å². The number of aliphatic carboxylic acids is 2. The molecule has 144 valence electrons. The molecule has 0 fully saturated rings. The van der Waals surface area contributed by atoms with Gasteiger partial charge >= 0.3 is 11.9 Å². The maximum absolute atomic E-state index is 9.10. The van der Waals surface area contributed by atoms with E-state index in [1.165, 1.54) is 5.69 Å². The first-order valence-electron chi connectivity index (χ1n) is 8.49. The van der Waals surface area contributed by atoms with E-state index in [4.69, 9.17) is 19.8 Å². The number of rotatable bonds is 3. The third-order valence-electron chi connectivity index (χ3n) is 4.00. The molecular formula is C19H19N5O4. The Bertz CT molecular complexity index is 975. The fourth-order valence-corrected chi connectivity index (χ4v) is 2.86. The number of benzene rings is 2. The summed E-state index contributed by atoms with van der Waals surface area (Å²) >= 11 is 0. The molecule has 0 spiro atoms. The number of aromatic nitrogens is 3. The minimum absolute atomic E-state index is 0.674. The molecule has 0 amide bonds. The molecule has 28 heavy (non-hydrogen) atoms. The van der Waals surface area contributed by atoms with Crippen molar-refractivity contribution >= 4 is 23.3 Å². The zero-order valence-electron chi connectivity index (χ0n) is 15.1. The number of fused-ring (bicyclic) bond motifs is 3. The smallest absolute Gasteiger partial charge is 0.414 e. The number of carboxylic acids is 2. The SMILES string of the molecule is CNCc1nc2n(n1)-c1ccccc1N(c1ccccc1)C2.O=C(O)C(=O)O. The highest BCUT2D eigenvalue weighted by atomic mass is 16.4. The van der Waals surface area contributed by atoms with Crippen LogP contribution in [0, 0.1) is 0 Å². The van der Waals surface area contributed by atoms with Gasteiger partial charge in [-0.2, -0.15) is 0 Å². The zero-order valence-corrected chi connectivity index (χ0v) is 15.1. The lowest BCUT2D eigenvalue weighted by Crippen LogP contribution is -2.25. The summed E-state index contributed by atoms with van der Waals surface area (Å²) in [5.41, 5.74) is 3.39. The molecule has 0 bridgehead atoms. The van der Waals surface area contributed by atoms with Crippen LogP contribution >= 0.6 is 0 Å². The molecule has 2 heterocycles. The summed E-state index contributed by atoms with van der Waals surface area (Å²) in [6.45, 7) is 1.39. The summed E-state index contributed by atoms with van der Waals surface area (Å²) in [4.78, 5) is 25.1. The third-order valence-corrected chi connectivity index (χ3v) is 4.00. The highest BCUT2D eigenvalue weighted by molar-refractivity contribution is 6.27. The second kappa shape index (κ2) is 8.31. The van der Waals surface area contributed by atoms with Gasteiger partial charge in [0.05, 0.1) is 24.5 Å². The monoisotopic (exact) mass is 381 g/mol. The van der Waals surface area contributed by atoms with E-state index in [1.807, 2.05) is 23.9 Å². The molecule has 3 N–H and O–H groups in total. The Kier molecular flexibility index (Phi) is 5.66. The fourth-order valence-electron chi connectivity index (χ4n) is 2.86. The van der Waals surface area contributed by atoms with E-state index < -0.39 is 11.9 Å². The Hall–Kier alpha value is -3.72.